The molecular weight excluding hydrogens is 545 g/mol. The highest BCUT2D eigenvalue weighted by atomic mass is 35.5. The van der Waals surface area contributed by atoms with Crippen molar-refractivity contribution in [2.75, 3.05) is 20.2 Å². The fourth-order valence-electron chi connectivity index (χ4n) is 3.46. The summed E-state index contributed by atoms with van der Waals surface area (Å²) < 4.78 is 23.2. The summed E-state index contributed by atoms with van der Waals surface area (Å²) in [5, 5.41) is 5.92. The lowest BCUT2D eigenvalue weighted by molar-refractivity contribution is -0.143. The van der Waals surface area contributed by atoms with E-state index >= 15 is 0 Å². The van der Waals surface area contributed by atoms with Gasteiger partial charge in [-0.15, -0.1) is 6.42 Å². The number of rotatable bonds is 14. The Morgan fingerprint density at radius 2 is 1.97 bits per heavy atom. The maximum Gasteiger partial charge on any atom is 0.320 e. The summed E-state index contributed by atoms with van der Waals surface area (Å²) in [4.78, 5) is 36.7. The Kier molecular flexibility index (Phi) is 12.2. The van der Waals surface area contributed by atoms with Crippen molar-refractivity contribution in [3.05, 3.63) is 77.5 Å². The molecule has 2 aromatic carbocycles. The zero-order valence-corrected chi connectivity index (χ0v) is 22.8. The van der Waals surface area contributed by atoms with Gasteiger partial charge in [-0.1, -0.05) is 47.9 Å². The Morgan fingerprint density at radius 3 is 2.64 bits per heavy atom. The van der Waals surface area contributed by atoms with Crippen LogP contribution in [0.4, 0.5) is 0 Å². The zero-order chi connectivity index (χ0) is 28.0. The number of nitrogens with one attached hydrogen (secondary N) is 2. The molecule has 206 valence electrons. The highest BCUT2D eigenvalue weighted by Crippen LogP contribution is 2.38. The van der Waals surface area contributed by atoms with Gasteiger partial charge in [0, 0.05) is 24.3 Å². The van der Waals surface area contributed by atoms with E-state index in [0.717, 1.165) is 5.56 Å². The molecule has 1 saturated heterocycles. The number of benzene rings is 2. The highest BCUT2D eigenvalue weighted by Gasteiger charge is 2.38. The summed E-state index contributed by atoms with van der Waals surface area (Å²) in [6, 6.07) is 16.0. The van der Waals surface area contributed by atoms with Crippen LogP contribution in [0.25, 0.3) is 0 Å². The summed E-state index contributed by atoms with van der Waals surface area (Å²) in [5.41, 5.74) is 0.868. The fourth-order valence-corrected chi connectivity index (χ4v) is 4.67. The van der Waals surface area contributed by atoms with Gasteiger partial charge < -0.3 is 23.8 Å². The van der Waals surface area contributed by atoms with Crippen LogP contribution in [0.2, 0.25) is 5.02 Å². The van der Waals surface area contributed by atoms with Crippen molar-refractivity contribution in [3.8, 4) is 18.1 Å². The largest absolute Gasteiger partial charge is 0.460 e. The number of nitrogens with zero attached hydrogens (tertiary/aromatic N) is 1. The SMILES string of the molecule is C#CC1CC(COP(NCC(=O)OCc2ccccc2)Oc2ccc(Cl)cc2)OC1N(C=O)/C=C\C(=O)NC. The second-order valence-corrected chi connectivity index (χ2v) is 9.93. The third kappa shape index (κ3) is 9.98. The topological polar surface area (TPSA) is 115 Å². The van der Waals surface area contributed by atoms with Crippen LogP contribution in [-0.4, -0.2) is 55.7 Å². The average molecular weight is 574 g/mol. The van der Waals surface area contributed by atoms with Crippen molar-refractivity contribution in [2.24, 2.45) is 5.92 Å². The number of carbonyl (C=O) groups is 3. The first kappa shape index (κ1) is 30.1. The van der Waals surface area contributed by atoms with Gasteiger partial charge in [-0.2, -0.15) is 0 Å². The Morgan fingerprint density at radius 1 is 1.23 bits per heavy atom. The molecule has 0 spiro atoms. The number of likely N-dealkylation sites (N-methyl/N-ethyl adjacent to an activating group) is 1. The molecule has 4 atom stereocenters. The van der Waals surface area contributed by atoms with Crippen molar-refractivity contribution in [2.45, 2.75) is 25.4 Å². The van der Waals surface area contributed by atoms with Crippen molar-refractivity contribution in [1.29, 1.82) is 0 Å². The van der Waals surface area contributed by atoms with Crippen LogP contribution in [0.5, 0.6) is 5.75 Å². The number of hydrogen-bond donors (Lipinski definition) is 2. The predicted molar refractivity (Wildman–Crippen MR) is 146 cm³/mol. The molecule has 12 heteroatoms. The predicted octanol–water partition coefficient (Wildman–Crippen LogP) is 3.38. The Hall–Kier alpha value is -3.45. The maximum atomic E-state index is 12.3. The molecule has 0 saturated carbocycles. The number of terminal acetylenes is 1. The van der Waals surface area contributed by atoms with Gasteiger partial charge in [0.25, 0.3) is 0 Å². The monoisotopic (exact) mass is 573 g/mol. The molecule has 1 heterocycles. The minimum absolute atomic E-state index is 0.0614. The smallest absolute Gasteiger partial charge is 0.320 e. The van der Waals surface area contributed by atoms with Crippen LogP contribution in [0.3, 0.4) is 0 Å². The molecule has 2 N–H and O–H groups in total. The van der Waals surface area contributed by atoms with Gasteiger partial charge in [-0.3, -0.25) is 19.3 Å². The van der Waals surface area contributed by atoms with Gasteiger partial charge in [0.15, 0.2) is 0 Å². The van der Waals surface area contributed by atoms with E-state index in [1.807, 2.05) is 30.3 Å². The van der Waals surface area contributed by atoms with Crippen molar-refractivity contribution in [3.63, 3.8) is 0 Å². The van der Waals surface area contributed by atoms with E-state index in [1.54, 1.807) is 24.3 Å². The van der Waals surface area contributed by atoms with Gasteiger partial charge in [0.05, 0.1) is 18.6 Å². The van der Waals surface area contributed by atoms with Crippen LogP contribution < -0.4 is 14.9 Å². The van der Waals surface area contributed by atoms with E-state index in [-0.39, 0.29) is 25.7 Å². The minimum Gasteiger partial charge on any atom is -0.460 e. The second-order valence-electron chi connectivity index (χ2n) is 8.22. The molecule has 1 aliphatic heterocycles. The van der Waals surface area contributed by atoms with E-state index in [4.69, 9.17) is 36.5 Å². The van der Waals surface area contributed by atoms with Gasteiger partial charge in [0.2, 0.25) is 12.3 Å². The summed E-state index contributed by atoms with van der Waals surface area (Å²) >= 11 is 5.96. The molecule has 0 aliphatic carbocycles. The molecule has 0 bridgehead atoms. The zero-order valence-electron chi connectivity index (χ0n) is 21.2. The minimum atomic E-state index is -1.81. The van der Waals surface area contributed by atoms with Gasteiger partial charge in [0.1, 0.15) is 25.1 Å². The van der Waals surface area contributed by atoms with E-state index in [9.17, 15) is 14.4 Å². The molecule has 0 aromatic heterocycles. The van der Waals surface area contributed by atoms with E-state index in [0.29, 0.717) is 23.6 Å². The Labute approximate surface area is 233 Å². The first-order valence-corrected chi connectivity index (χ1v) is 13.5. The quantitative estimate of drug-likeness (QED) is 0.116. The normalized spacial score (nSPS) is 19.2. The number of hydrogen-bond acceptors (Lipinski definition) is 8. The van der Waals surface area contributed by atoms with Gasteiger partial charge in [-0.25, -0.2) is 5.09 Å². The summed E-state index contributed by atoms with van der Waals surface area (Å²) in [5.74, 6) is 1.82. The highest BCUT2D eigenvalue weighted by molar-refractivity contribution is 7.45. The number of halogens is 1. The molecule has 0 radical (unpaired) electrons. The Bertz CT molecular complexity index is 1160. The van der Waals surface area contributed by atoms with Crippen LogP contribution in [0.15, 0.2) is 66.9 Å². The van der Waals surface area contributed by atoms with Gasteiger partial charge >= 0.3 is 14.5 Å². The lowest BCUT2D eigenvalue weighted by Crippen LogP contribution is -2.35. The Balaban J connectivity index is 1.59. The number of esters is 1. The standard InChI is InChI=1S/C27H29ClN3O7P/c1-3-21-15-24(37-27(21)31(19-32)14-13-25(33)29-2)18-36-39(38-23-11-9-22(28)10-12-23)30-16-26(34)35-17-20-7-5-4-6-8-20/h1,4-14,19,21,24,27,30H,15-18H2,2H3,(H,29,33)/b14-13-. The lowest BCUT2D eigenvalue weighted by Gasteiger charge is -2.24. The summed E-state index contributed by atoms with van der Waals surface area (Å²) in [6.45, 7) is 0.0485. The average Bonchev–Trinajstić information content (AvgIpc) is 3.38. The van der Waals surface area contributed by atoms with Gasteiger partial charge in [-0.05, 0) is 36.2 Å². The molecule has 4 unspecified atom stereocenters. The first-order chi connectivity index (χ1) is 18.9. The van der Waals surface area contributed by atoms with E-state index in [2.05, 4.69) is 16.3 Å². The molecule has 2 amide bonds. The van der Waals surface area contributed by atoms with Crippen LogP contribution >= 0.6 is 20.1 Å². The van der Waals surface area contributed by atoms with Crippen LogP contribution in [-0.2, 0) is 35.0 Å². The third-order valence-electron chi connectivity index (χ3n) is 5.44. The number of ether oxygens (including phenoxy) is 2. The molecule has 2 aromatic rings. The van der Waals surface area contributed by atoms with Crippen molar-refractivity contribution >= 4 is 38.4 Å². The van der Waals surface area contributed by atoms with Crippen LogP contribution in [0.1, 0.15) is 12.0 Å². The molecule has 1 aliphatic rings. The summed E-state index contributed by atoms with van der Waals surface area (Å²) in [6.07, 6.45) is 7.88. The molecule has 39 heavy (non-hydrogen) atoms. The first-order valence-electron chi connectivity index (χ1n) is 12.0. The number of amides is 2. The van der Waals surface area contributed by atoms with Crippen molar-refractivity contribution < 1.29 is 32.9 Å². The summed E-state index contributed by atoms with van der Waals surface area (Å²) in [7, 11) is -0.330. The molecule has 10 nitrogen and oxygen atoms in total. The second kappa shape index (κ2) is 15.8. The fraction of sp³-hybridized carbons (Fsp3) is 0.296. The van der Waals surface area contributed by atoms with Crippen molar-refractivity contribution in [1.82, 2.24) is 15.3 Å². The number of carbonyl (C=O) groups excluding carboxylic acids is 3. The molecular formula is C27H29ClN3O7P. The third-order valence-corrected chi connectivity index (χ3v) is 6.87. The molecule has 3 rings (SSSR count). The lowest BCUT2D eigenvalue weighted by atomic mass is 10.0. The maximum absolute atomic E-state index is 12.3. The van der Waals surface area contributed by atoms with E-state index < -0.39 is 32.7 Å². The van der Waals surface area contributed by atoms with Crippen LogP contribution in [0, 0.1) is 18.3 Å². The van der Waals surface area contributed by atoms with E-state index in [1.165, 1.54) is 24.2 Å². The molecule has 1 fully saturated rings.